The van der Waals surface area contributed by atoms with Gasteiger partial charge in [0.25, 0.3) is 0 Å². The average molecular weight is 333 g/mol. The van der Waals surface area contributed by atoms with Crippen molar-refractivity contribution in [2.24, 2.45) is 0 Å². The van der Waals surface area contributed by atoms with Gasteiger partial charge in [-0.2, -0.15) is 4.98 Å². The van der Waals surface area contributed by atoms with Crippen LogP contribution in [0, 0.1) is 11.6 Å². The van der Waals surface area contributed by atoms with Gasteiger partial charge in [-0.05, 0) is 30.2 Å². The summed E-state index contributed by atoms with van der Waals surface area (Å²) >= 11 is 0. The molecular formula is C17H21F2N5. The average Bonchev–Trinajstić information content (AvgIpc) is 2.93. The Labute approximate surface area is 140 Å². The van der Waals surface area contributed by atoms with Gasteiger partial charge < -0.3 is 10.2 Å². The van der Waals surface area contributed by atoms with E-state index in [1.54, 1.807) is 6.20 Å². The number of benzene rings is 1. The van der Waals surface area contributed by atoms with Crippen LogP contribution in [-0.4, -0.2) is 48.1 Å². The second kappa shape index (κ2) is 7.09. The van der Waals surface area contributed by atoms with E-state index >= 15 is 0 Å². The summed E-state index contributed by atoms with van der Waals surface area (Å²) in [6, 6.07) is 5.77. The third-order valence-corrected chi connectivity index (χ3v) is 4.00. The summed E-state index contributed by atoms with van der Waals surface area (Å²) < 4.78 is 26.6. The second-order valence-corrected chi connectivity index (χ2v) is 6.28. The standard InChI is InChI=1S/C17H21F2N5/c1-23(2)17-20-5-3-16(22-17)21-15-4-6-24(11-15)10-12-7-13(18)9-14(19)8-12/h3,5,7-9,15H,4,6,10-11H2,1-2H3,(H,20,21,22). The molecule has 0 amide bonds. The molecule has 1 N–H and O–H groups in total. The van der Waals surface area contributed by atoms with E-state index < -0.39 is 11.6 Å². The van der Waals surface area contributed by atoms with Crippen molar-refractivity contribution in [1.29, 1.82) is 0 Å². The second-order valence-electron chi connectivity index (χ2n) is 6.28. The molecule has 1 atom stereocenters. The summed E-state index contributed by atoms with van der Waals surface area (Å²) in [4.78, 5) is 12.7. The Morgan fingerprint density at radius 1 is 1.25 bits per heavy atom. The van der Waals surface area contributed by atoms with Crippen LogP contribution in [0.25, 0.3) is 0 Å². The summed E-state index contributed by atoms with van der Waals surface area (Å²) in [5.74, 6) is 0.384. The van der Waals surface area contributed by atoms with E-state index in [4.69, 9.17) is 0 Å². The van der Waals surface area contributed by atoms with Crippen LogP contribution in [0.4, 0.5) is 20.5 Å². The minimum absolute atomic E-state index is 0.258. The fourth-order valence-electron chi connectivity index (χ4n) is 2.91. The predicted molar refractivity (Wildman–Crippen MR) is 90.0 cm³/mol. The van der Waals surface area contributed by atoms with Gasteiger partial charge >= 0.3 is 0 Å². The zero-order valence-electron chi connectivity index (χ0n) is 13.8. The van der Waals surface area contributed by atoms with E-state index in [0.29, 0.717) is 18.1 Å². The van der Waals surface area contributed by atoms with Gasteiger partial charge in [0.1, 0.15) is 17.5 Å². The SMILES string of the molecule is CN(C)c1nccc(NC2CCN(Cc3cc(F)cc(F)c3)C2)n1. The summed E-state index contributed by atoms with van der Waals surface area (Å²) in [6.07, 6.45) is 2.69. The highest BCUT2D eigenvalue weighted by atomic mass is 19.1. The summed E-state index contributed by atoms with van der Waals surface area (Å²) in [6.45, 7) is 2.22. The maximum absolute atomic E-state index is 13.3. The normalized spacial score (nSPS) is 17.9. The van der Waals surface area contributed by atoms with Crippen molar-refractivity contribution in [3.8, 4) is 0 Å². The molecule has 1 aliphatic rings. The summed E-state index contributed by atoms with van der Waals surface area (Å²) in [5, 5.41) is 3.41. The van der Waals surface area contributed by atoms with Gasteiger partial charge in [0.2, 0.25) is 5.95 Å². The lowest BCUT2D eigenvalue weighted by atomic mass is 10.2. The van der Waals surface area contributed by atoms with Crippen LogP contribution in [0.15, 0.2) is 30.5 Å². The van der Waals surface area contributed by atoms with Crippen LogP contribution in [0.2, 0.25) is 0 Å². The lowest BCUT2D eigenvalue weighted by Gasteiger charge is -2.18. The van der Waals surface area contributed by atoms with Gasteiger partial charge in [0, 0.05) is 52.0 Å². The Bertz CT molecular complexity index is 687. The first-order chi connectivity index (χ1) is 11.5. The quantitative estimate of drug-likeness (QED) is 0.911. The number of nitrogens with zero attached hydrogens (tertiary/aromatic N) is 4. The van der Waals surface area contributed by atoms with Crippen molar-refractivity contribution in [2.45, 2.75) is 19.0 Å². The number of aromatic nitrogens is 2. The minimum Gasteiger partial charge on any atom is -0.366 e. The Hall–Kier alpha value is -2.28. The van der Waals surface area contributed by atoms with E-state index in [-0.39, 0.29) is 6.04 Å². The number of hydrogen-bond acceptors (Lipinski definition) is 5. The molecule has 5 nitrogen and oxygen atoms in total. The van der Waals surface area contributed by atoms with Crippen molar-refractivity contribution < 1.29 is 8.78 Å². The molecule has 0 aliphatic carbocycles. The molecule has 2 heterocycles. The number of anilines is 2. The number of rotatable bonds is 5. The lowest BCUT2D eigenvalue weighted by molar-refractivity contribution is 0.327. The van der Waals surface area contributed by atoms with Gasteiger partial charge in [-0.25, -0.2) is 13.8 Å². The largest absolute Gasteiger partial charge is 0.366 e. The van der Waals surface area contributed by atoms with Crippen molar-refractivity contribution in [2.75, 3.05) is 37.4 Å². The molecule has 1 aliphatic heterocycles. The fraction of sp³-hybridized carbons (Fsp3) is 0.412. The molecular weight excluding hydrogens is 312 g/mol. The Morgan fingerprint density at radius 3 is 2.71 bits per heavy atom. The van der Waals surface area contributed by atoms with Gasteiger partial charge in [0.05, 0.1) is 0 Å². The highest BCUT2D eigenvalue weighted by Gasteiger charge is 2.23. The Morgan fingerprint density at radius 2 is 2.00 bits per heavy atom. The summed E-state index contributed by atoms with van der Waals surface area (Å²) in [7, 11) is 3.79. The van der Waals surface area contributed by atoms with Crippen LogP contribution in [-0.2, 0) is 6.54 Å². The zero-order chi connectivity index (χ0) is 17.1. The molecule has 0 saturated carbocycles. The molecule has 0 radical (unpaired) electrons. The Balaban J connectivity index is 1.58. The van der Waals surface area contributed by atoms with Crippen molar-refractivity contribution >= 4 is 11.8 Å². The maximum Gasteiger partial charge on any atom is 0.226 e. The lowest BCUT2D eigenvalue weighted by Crippen LogP contribution is -2.26. The smallest absolute Gasteiger partial charge is 0.226 e. The number of nitrogens with one attached hydrogen (secondary N) is 1. The predicted octanol–water partition coefficient (Wildman–Crippen LogP) is 2.51. The van der Waals surface area contributed by atoms with Gasteiger partial charge in [-0.15, -0.1) is 0 Å². The molecule has 2 aromatic rings. The molecule has 24 heavy (non-hydrogen) atoms. The topological polar surface area (TPSA) is 44.3 Å². The van der Waals surface area contributed by atoms with E-state index in [0.717, 1.165) is 31.4 Å². The molecule has 7 heteroatoms. The van der Waals surface area contributed by atoms with E-state index in [1.807, 2.05) is 25.1 Å². The third kappa shape index (κ3) is 4.17. The number of likely N-dealkylation sites (tertiary alicyclic amines) is 1. The third-order valence-electron chi connectivity index (χ3n) is 4.00. The first-order valence-electron chi connectivity index (χ1n) is 7.94. The molecule has 1 saturated heterocycles. The van der Waals surface area contributed by atoms with Crippen LogP contribution in [0.5, 0.6) is 0 Å². The fourth-order valence-corrected chi connectivity index (χ4v) is 2.91. The van der Waals surface area contributed by atoms with Gasteiger partial charge in [0.15, 0.2) is 0 Å². The minimum atomic E-state index is -0.531. The molecule has 3 rings (SSSR count). The molecule has 1 fully saturated rings. The summed E-state index contributed by atoms with van der Waals surface area (Å²) in [5.41, 5.74) is 0.657. The first-order valence-corrected chi connectivity index (χ1v) is 7.94. The first kappa shape index (κ1) is 16.6. The highest BCUT2D eigenvalue weighted by molar-refractivity contribution is 5.41. The monoisotopic (exact) mass is 333 g/mol. The van der Waals surface area contributed by atoms with Crippen molar-refractivity contribution in [3.63, 3.8) is 0 Å². The number of hydrogen-bond donors (Lipinski definition) is 1. The van der Waals surface area contributed by atoms with Crippen LogP contribution >= 0.6 is 0 Å². The van der Waals surface area contributed by atoms with Gasteiger partial charge in [-0.1, -0.05) is 0 Å². The maximum atomic E-state index is 13.3. The molecule has 1 unspecified atom stereocenters. The highest BCUT2D eigenvalue weighted by Crippen LogP contribution is 2.18. The van der Waals surface area contributed by atoms with Crippen LogP contribution < -0.4 is 10.2 Å². The van der Waals surface area contributed by atoms with E-state index in [2.05, 4.69) is 20.2 Å². The molecule has 0 bridgehead atoms. The van der Waals surface area contributed by atoms with Crippen LogP contribution in [0.1, 0.15) is 12.0 Å². The van der Waals surface area contributed by atoms with E-state index in [1.165, 1.54) is 12.1 Å². The van der Waals surface area contributed by atoms with E-state index in [9.17, 15) is 8.78 Å². The van der Waals surface area contributed by atoms with Crippen LogP contribution in [0.3, 0.4) is 0 Å². The molecule has 128 valence electrons. The van der Waals surface area contributed by atoms with Gasteiger partial charge in [-0.3, -0.25) is 4.90 Å². The van der Waals surface area contributed by atoms with Crippen molar-refractivity contribution in [3.05, 3.63) is 47.7 Å². The molecule has 1 aromatic heterocycles. The number of halogens is 2. The Kier molecular flexibility index (Phi) is 4.89. The van der Waals surface area contributed by atoms with Crippen molar-refractivity contribution in [1.82, 2.24) is 14.9 Å². The molecule has 1 aromatic carbocycles. The zero-order valence-corrected chi connectivity index (χ0v) is 13.8. The molecule has 0 spiro atoms.